The molecule has 1 saturated heterocycles. The van der Waals surface area contributed by atoms with Crippen LogP contribution >= 0.6 is 22.9 Å². The van der Waals surface area contributed by atoms with Gasteiger partial charge in [-0.2, -0.15) is 4.91 Å². The van der Waals surface area contributed by atoms with E-state index in [0.29, 0.717) is 51.3 Å². The molecule has 6 rings (SSSR count). The van der Waals surface area contributed by atoms with Crippen molar-refractivity contribution in [3.8, 4) is 5.75 Å². The average Bonchev–Trinajstić information content (AvgIpc) is 3.43. The monoisotopic (exact) mass is 648 g/mol. The molecular formula is C32H30ClFN6O4S. The number of carbonyl (C=O) groups is 1. The molecule has 0 spiro atoms. The molecule has 0 radical (unpaired) electrons. The number of aliphatic hydroxyl groups is 1. The number of ether oxygens (including phenoxy) is 1. The second kappa shape index (κ2) is 13.4. The number of likely N-dealkylation sites (N-methyl/N-ethyl adjacent to an activating group) is 1. The maximum Gasteiger partial charge on any atom is 0.254 e. The van der Waals surface area contributed by atoms with Gasteiger partial charge in [-0.1, -0.05) is 48.0 Å². The third-order valence-electron chi connectivity index (χ3n) is 7.91. The Morgan fingerprint density at radius 3 is 2.69 bits per heavy atom. The van der Waals surface area contributed by atoms with E-state index in [0.717, 1.165) is 35.1 Å². The number of rotatable bonds is 10. The van der Waals surface area contributed by atoms with Gasteiger partial charge in [-0.3, -0.25) is 4.79 Å². The van der Waals surface area contributed by atoms with Gasteiger partial charge in [0.25, 0.3) is 5.91 Å². The lowest BCUT2D eigenvalue weighted by atomic mass is 9.99. The molecule has 1 amide bonds. The normalized spacial score (nSPS) is 15.2. The van der Waals surface area contributed by atoms with Crippen LogP contribution in [0.1, 0.15) is 24.1 Å². The Morgan fingerprint density at radius 1 is 1.13 bits per heavy atom. The van der Waals surface area contributed by atoms with Crippen LogP contribution < -0.4 is 10.1 Å². The number of fused-ring (bicyclic) bond motifs is 3. The van der Waals surface area contributed by atoms with Crippen LogP contribution in [0.2, 0.25) is 5.02 Å². The van der Waals surface area contributed by atoms with Crippen LogP contribution in [0.4, 0.5) is 15.9 Å². The first-order valence-corrected chi connectivity index (χ1v) is 15.7. The molecular weight excluding hydrogens is 619 g/mol. The van der Waals surface area contributed by atoms with Crippen molar-refractivity contribution in [3.05, 3.63) is 93.9 Å². The predicted octanol–water partition coefficient (Wildman–Crippen LogP) is 6.29. The number of hydrogen-bond donors (Lipinski definition) is 2. The number of nitrogens with one attached hydrogen (secondary N) is 1. The summed E-state index contributed by atoms with van der Waals surface area (Å²) >= 11 is 7.90. The molecule has 13 heteroatoms. The van der Waals surface area contributed by atoms with Gasteiger partial charge in [-0.15, -0.1) is 11.3 Å². The number of thiophene rings is 1. The smallest absolute Gasteiger partial charge is 0.254 e. The van der Waals surface area contributed by atoms with E-state index in [1.807, 2.05) is 6.07 Å². The Bertz CT molecular complexity index is 1860. The SMILES string of the molecule is CCN1CCN(C(=O)C(O)C(N=O)c2ccc3c(c2)sc2ncnc(Nc4ccc(OCc5cccc(F)c5)c(Cl)c4)c23)CC1. The molecule has 1 fully saturated rings. The number of piperazine rings is 1. The fourth-order valence-corrected chi connectivity index (χ4v) is 6.76. The number of anilines is 2. The Labute approximate surface area is 267 Å². The summed E-state index contributed by atoms with van der Waals surface area (Å²) in [5.74, 6) is 0.179. The van der Waals surface area contributed by atoms with E-state index in [4.69, 9.17) is 16.3 Å². The van der Waals surface area contributed by atoms with Crippen molar-refractivity contribution in [1.82, 2.24) is 19.8 Å². The van der Waals surface area contributed by atoms with E-state index in [1.165, 1.54) is 29.8 Å². The van der Waals surface area contributed by atoms with Crippen LogP contribution in [-0.4, -0.2) is 69.6 Å². The first-order chi connectivity index (χ1) is 21.8. The number of aliphatic hydroxyl groups excluding tert-OH is 1. The third kappa shape index (κ3) is 6.59. The number of aromatic nitrogens is 2. The lowest BCUT2D eigenvalue weighted by Gasteiger charge is -2.35. The maximum atomic E-state index is 13.5. The van der Waals surface area contributed by atoms with Gasteiger partial charge in [0.05, 0.1) is 10.4 Å². The highest BCUT2D eigenvalue weighted by Crippen LogP contribution is 2.39. The van der Waals surface area contributed by atoms with E-state index in [9.17, 15) is 19.2 Å². The number of amides is 1. The van der Waals surface area contributed by atoms with Crippen molar-refractivity contribution in [2.24, 2.45) is 5.18 Å². The summed E-state index contributed by atoms with van der Waals surface area (Å²) in [5, 5.41) is 19.3. The highest BCUT2D eigenvalue weighted by molar-refractivity contribution is 7.25. The number of carbonyl (C=O) groups excluding carboxylic acids is 1. The topological polar surface area (TPSA) is 120 Å². The molecule has 232 valence electrons. The highest BCUT2D eigenvalue weighted by Gasteiger charge is 2.34. The molecule has 0 bridgehead atoms. The zero-order valence-corrected chi connectivity index (χ0v) is 25.9. The van der Waals surface area contributed by atoms with Gasteiger partial charge in [0.15, 0.2) is 12.1 Å². The van der Waals surface area contributed by atoms with Gasteiger partial charge in [-0.05, 0) is 54.1 Å². The standard InChI is InChI=1S/C32H30ClFN6O4S/c1-2-39-10-12-40(13-11-39)32(42)29(41)28(38-43)20-6-8-23-26(15-20)45-31-27(23)30(35-18-36-31)37-22-7-9-25(24(33)16-22)44-17-19-4-3-5-21(34)14-19/h3-9,14-16,18,28-29,41H,2,10-13,17H2,1H3,(H,35,36,37). The maximum absolute atomic E-state index is 13.5. The summed E-state index contributed by atoms with van der Waals surface area (Å²) in [5.41, 5.74) is 1.80. The molecule has 45 heavy (non-hydrogen) atoms. The summed E-state index contributed by atoms with van der Waals surface area (Å²) in [6, 6.07) is 15.5. The summed E-state index contributed by atoms with van der Waals surface area (Å²) in [7, 11) is 0. The summed E-state index contributed by atoms with van der Waals surface area (Å²) < 4.78 is 20.1. The molecule has 1 aliphatic heterocycles. The van der Waals surface area contributed by atoms with E-state index in [2.05, 4.69) is 32.3 Å². The Balaban J connectivity index is 1.21. The summed E-state index contributed by atoms with van der Waals surface area (Å²) in [6.45, 7) is 5.56. The number of nitrogens with zero attached hydrogens (tertiary/aromatic N) is 5. The Morgan fingerprint density at radius 2 is 1.96 bits per heavy atom. The van der Waals surface area contributed by atoms with Crippen LogP contribution in [0.5, 0.6) is 5.75 Å². The number of benzene rings is 3. The van der Waals surface area contributed by atoms with E-state index in [1.54, 1.807) is 47.4 Å². The first kappa shape index (κ1) is 30.8. The van der Waals surface area contributed by atoms with Crippen molar-refractivity contribution in [1.29, 1.82) is 0 Å². The van der Waals surface area contributed by atoms with Crippen molar-refractivity contribution >= 4 is 60.7 Å². The minimum atomic E-state index is -1.58. The van der Waals surface area contributed by atoms with E-state index >= 15 is 0 Å². The summed E-state index contributed by atoms with van der Waals surface area (Å²) in [4.78, 5) is 38.4. The minimum absolute atomic E-state index is 0.168. The molecule has 2 aromatic heterocycles. The molecule has 3 aromatic carbocycles. The fourth-order valence-electron chi connectivity index (χ4n) is 5.43. The van der Waals surface area contributed by atoms with Gasteiger partial charge >= 0.3 is 0 Å². The molecule has 3 heterocycles. The van der Waals surface area contributed by atoms with Gasteiger partial charge in [0, 0.05) is 42.0 Å². The van der Waals surface area contributed by atoms with Crippen molar-refractivity contribution in [2.75, 3.05) is 38.0 Å². The average molecular weight is 649 g/mol. The van der Waals surface area contributed by atoms with Crippen molar-refractivity contribution in [3.63, 3.8) is 0 Å². The number of halogens is 2. The Hall–Kier alpha value is -4.23. The van der Waals surface area contributed by atoms with Crippen LogP contribution in [-0.2, 0) is 11.4 Å². The van der Waals surface area contributed by atoms with Crippen molar-refractivity contribution < 1.29 is 19.0 Å². The third-order valence-corrected chi connectivity index (χ3v) is 9.27. The first-order valence-electron chi connectivity index (χ1n) is 14.5. The zero-order valence-electron chi connectivity index (χ0n) is 24.3. The van der Waals surface area contributed by atoms with Crippen LogP contribution in [0.15, 0.2) is 72.2 Å². The molecule has 5 aromatic rings. The second-order valence-corrected chi connectivity index (χ2v) is 12.1. The van der Waals surface area contributed by atoms with E-state index < -0.39 is 18.1 Å². The quantitative estimate of drug-likeness (QED) is 0.170. The van der Waals surface area contributed by atoms with Gasteiger partial charge in [0.1, 0.15) is 35.1 Å². The zero-order chi connectivity index (χ0) is 31.5. The molecule has 0 aliphatic carbocycles. The van der Waals surface area contributed by atoms with Crippen molar-refractivity contribution in [2.45, 2.75) is 25.7 Å². The van der Waals surface area contributed by atoms with Gasteiger partial charge < -0.3 is 25.0 Å². The van der Waals surface area contributed by atoms with Crippen LogP contribution in [0, 0.1) is 10.7 Å². The minimum Gasteiger partial charge on any atom is -0.487 e. The highest BCUT2D eigenvalue weighted by atomic mass is 35.5. The van der Waals surface area contributed by atoms with Gasteiger partial charge in [0.2, 0.25) is 0 Å². The number of hydrogen-bond acceptors (Lipinski definition) is 10. The number of nitroso groups, excluding NO2 is 1. The summed E-state index contributed by atoms with van der Waals surface area (Å²) in [6.07, 6.45) is -0.125. The molecule has 1 aliphatic rings. The van der Waals surface area contributed by atoms with E-state index in [-0.39, 0.29) is 12.4 Å². The molecule has 10 nitrogen and oxygen atoms in total. The largest absolute Gasteiger partial charge is 0.487 e. The molecule has 2 N–H and O–H groups in total. The lowest BCUT2D eigenvalue weighted by Crippen LogP contribution is -2.52. The fraction of sp³-hybridized carbons (Fsp3) is 0.281. The van der Waals surface area contributed by atoms with Gasteiger partial charge in [-0.25, -0.2) is 14.4 Å². The second-order valence-electron chi connectivity index (χ2n) is 10.7. The molecule has 2 unspecified atom stereocenters. The van der Waals surface area contributed by atoms with Crippen LogP contribution in [0.25, 0.3) is 20.3 Å². The lowest BCUT2D eigenvalue weighted by molar-refractivity contribution is -0.143. The predicted molar refractivity (Wildman–Crippen MR) is 174 cm³/mol. The van der Waals surface area contributed by atoms with Crippen LogP contribution in [0.3, 0.4) is 0 Å². The molecule has 0 saturated carbocycles. The Kier molecular flexibility index (Phi) is 9.17. The molecule has 2 atom stereocenters.